The molecule has 0 bridgehead atoms. The fourth-order valence-corrected chi connectivity index (χ4v) is 3.83. The van der Waals surface area contributed by atoms with Gasteiger partial charge in [-0.2, -0.15) is 0 Å². The number of fused-ring (bicyclic) bond motifs is 2. The SMILES string of the molecule is O[C@H](C[NH2+]C[C@@H]1COc2ccccc2O1)CO[C@@H]1CCCc2ccccc21. The van der Waals surface area contributed by atoms with E-state index in [2.05, 4.69) is 29.6 Å². The van der Waals surface area contributed by atoms with Crippen molar-refractivity contribution in [2.24, 2.45) is 0 Å². The summed E-state index contributed by atoms with van der Waals surface area (Å²) in [4.78, 5) is 0. The van der Waals surface area contributed by atoms with Gasteiger partial charge in [-0.15, -0.1) is 0 Å². The van der Waals surface area contributed by atoms with Crippen molar-refractivity contribution in [2.75, 3.05) is 26.3 Å². The molecule has 0 spiro atoms. The highest BCUT2D eigenvalue weighted by atomic mass is 16.6. The Kier molecular flexibility index (Phi) is 5.92. The first kappa shape index (κ1) is 18.3. The number of quaternary nitrogens is 1. The molecule has 0 radical (unpaired) electrons. The van der Waals surface area contributed by atoms with Crippen molar-refractivity contribution in [1.29, 1.82) is 0 Å². The number of nitrogens with two attached hydrogens (primary N) is 1. The van der Waals surface area contributed by atoms with Gasteiger partial charge < -0.3 is 24.6 Å². The fourth-order valence-electron chi connectivity index (χ4n) is 3.83. The van der Waals surface area contributed by atoms with Crippen molar-refractivity contribution in [2.45, 2.75) is 37.6 Å². The lowest BCUT2D eigenvalue weighted by molar-refractivity contribution is -0.666. The van der Waals surface area contributed by atoms with Crippen LogP contribution >= 0.6 is 0 Å². The van der Waals surface area contributed by atoms with Gasteiger partial charge in [0.2, 0.25) is 0 Å². The lowest BCUT2D eigenvalue weighted by Gasteiger charge is -2.27. The van der Waals surface area contributed by atoms with Gasteiger partial charge in [0.15, 0.2) is 17.6 Å². The Labute approximate surface area is 160 Å². The van der Waals surface area contributed by atoms with Crippen LogP contribution in [0.15, 0.2) is 48.5 Å². The second-order valence-electron chi connectivity index (χ2n) is 7.32. The van der Waals surface area contributed by atoms with Crippen LogP contribution in [0.3, 0.4) is 0 Å². The molecule has 3 N–H and O–H groups in total. The minimum Gasteiger partial charge on any atom is -0.486 e. The molecule has 0 saturated carbocycles. The Balaban J connectivity index is 1.18. The molecule has 2 aromatic carbocycles. The molecular formula is C22H28NO4+. The average molecular weight is 370 g/mol. The second-order valence-corrected chi connectivity index (χ2v) is 7.32. The normalized spacial score (nSPS) is 22.1. The van der Waals surface area contributed by atoms with E-state index in [0.717, 1.165) is 37.3 Å². The summed E-state index contributed by atoms with van der Waals surface area (Å²) in [6, 6.07) is 16.2. The number of ether oxygens (including phenoxy) is 3. The van der Waals surface area contributed by atoms with Crippen LogP contribution in [-0.2, 0) is 11.2 Å². The molecule has 2 aliphatic rings. The quantitative estimate of drug-likeness (QED) is 0.781. The summed E-state index contributed by atoms with van der Waals surface area (Å²) in [6.45, 7) is 2.24. The van der Waals surface area contributed by atoms with E-state index in [4.69, 9.17) is 14.2 Å². The van der Waals surface area contributed by atoms with Gasteiger partial charge in [0.05, 0.1) is 12.7 Å². The van der Waals surface area contributed by atoms with Crippen LogP contribution in [0.25, 0.3) is 0 Å². The Morgan fingerprint density at radius 3 is 2.85 bits per heavy atom. The van der Waals surface area contributed by atoms with E-state index in [1.165, 1.54) is 11.1 Å². The Bertz CT molecular complexity index is 751. The van der Waals surface area contributed by atoms with Gasteiger partial charge in [0, 0.05) is 0 Å². The molecule has 1 aliphatic carbocycles. The molecule has 3 atom stereocenters. The van der Waals surface area contributed by atoms with Gasteiger partial charge in [0.25, 0.3) is 0 Å². The van der Waals surface area contributed by atoms with Crippen molar-refractivity contribution in [1.82, 2.24) is 0 Å². The number of aliphatic hydroxyl groups excluding tert-OH is 1. The first-order valence-corrected chi connectivity index (χ1v) is 9.87. The van der Waals surface area contributed by atoms with Gasteiger partial charge in [-0.05, 0) is 42.5 Å². The number of para-hydroxylation sites is 2. The first-order chi connectivity index (χ1) is 13.3. The van der Waals surface area contributed by atoms with Crippen LogP contribution in [0.4, 0.5) is 0 Å². The topological polar surface area (TPSA) is 64.5 Å². The monoisotopic (exact) mass is 370 g/mol. The predicted molar refractivity (Wildman–Crippen MR) is 102 cm³/mol. The minimum atomic E-state index is -0.490. The zero-order valence-electron chi connectivity index (χ0n) is 15.5. The minimum absolute atomic E-state index is 0.00163. The van der Waals surface area contributed by atoms with Crippen LogP contribution in [0.5, 0.6) is 11.5 Å². The average Bonchev–Trinajstić information content (AvgIpc) is 2.72. The predicted octanol–water partition coefficient (Wildman–Crippen LogP) is 1.84. The molecular weight excluding hydrogens is 342 g/mol. The molecule has 0 aromatic heterocycles. The number of aryl methyl sites for hydroxylation is 1. The maximum Gasteiger partial charge on any atom is 0.181 e. The van der Waals surface area contributed by atoms with Gasteiger partial charge in [0.1, 0.15) is 25.8 Å². The lowest BCUT2D eigenvalue weighted by Crippen LogP contribution is -2.89. The summed E-state index contributed by atoms with van der Waals surface area (Å²) in [5, 5.41) is 12.4. The molecule has 2 aromatic rings. The third-order valence-corrected chi connectivity index (χ3v) is 5.24. The zero-order valence-corrected chi connectivity index (χ0v) is 15.5. The maximum absolute atomic E-state index is 10.3. The van der Waals surface area contributed by atoms with Crippen molar-refractivity contribution < 1.29 is 24.6 Å². The standard InChI is InChI=1S/C22H27NO4/c24-17(14-25-20-11-5-7-16-6-1-2-8-19(16)20)12-23-13-18-15-26-21-9-3-4-10-22(21)27-18/h1-4,6,8-10,17-18,20,23-24H,5,7,11-15H2/p+1/t17-,18-,20-/m1/s1. The number of aliphatic hydroxyl groups is 1. The molecule has 0 amide bonds. The number of hydrogen-bond acceptors (Lipinski definition) is 4. The number of benzene rings is 2. The molecule has 144 valence electrons. The Morgan fingerprint density at radius 1 is 1.11 bits per heavy atom. The van der Waals surface area contributed by atoms with E-state index in [0.29, 0.717) is 19.8 Å². The van der Waals surface area contributed by atoms with Crippen molar-refractivity contribution in [3.63, 3.8) is 0 Å². The van der Waals surface area contributed by atoms with Crippen LogP contribution in [0.1, 0.15) is 30.1 Å². The molecule has 27 heavy (non-hydrogen) atoms. The van der Waals surface area contributed by atoms with Crippen LogP contribution in [-0.4, -0.2) is 43.6 Å². The molecule has 4 rings (SSSR count). The summed E-state index contributed by atoms with van der Waals surface area (Å²) < 4.78 is 17.7. The maximum atomic E-state index is 10.3. The first-order valence-electron chi connectivity index (χ1n) is 9.87. The van der Waals surface area contributed by atoms with E-state index in [9.17, 15) is 5.11 Å². The summed E-state index contributed by atoms with van der Waals surface area (Å²) in [5.41, 5.74) is 2.66. The van der Waals surface area contributed by atoms with E-state index in [1.54, 1.807) is 0 Å². The fraction of sp³-hybridized carbons (Fsp3) is 0.455. The highest BCUT2D eigenvalue weighted by Gasteiger charge is 2.24. The Hall–Kier alpha value is -2.08. The number of rotatable bonds is 7. The van der Waals surface area contributed by atoms with Gasteiger partial charge in [-0.1, -0.05) is 36.4 Å². The van der Waals surface area contributed by atoms with Crippen LogP contribution in [0, 0.1) is 0 Å². The molecule has 5 nitrogen and oxygen atoms in total. The zero-order chi connectivity index (χ0) is 18.5. The van der Waals surface area contributed by atoms with Gasteiger partial charge >= 0.3 is 0 Å². The lowest BCUT2D eigenvalue weighted by atomic mass is 9.89. The molecule has 0 saturated heterocycles. The van der Waals surface area contributed by atoms with E-state index in [1.807, 2.05) is 24.3 Å². The van der Waals surface area contributed by atoms with E-state index < -0.39 is 6.10 Å². The Morgan fingerprint density at radius 2 is 1.93 bits per heavy atom. The third-order valence-electron chi connectivity index (χ3n) is 5.24. The summed E-state index contributed by atoms with van der Waals surface area (Å²) >= 11 is 0. The van der Waals surface area contributed by atoms with Crippen molar-refractivity contribution in [3.05, 3.63) is 59.7 Å². The molecule has 0 fully saturated rings. The van der Waals surface area contributed by atoms with E-state index >= 15 is 0 Å². The molecule has 0 unspecified atom stereocenters. The smallest absolute Gasteiger partial charge is 0.181 e. The third kappa shape index (κ3) is 4.61. The summed E-state index contributed by atoms with van der Waals surface area (Å²) in [7, 11) is 0. The van der Waals surface area contributed by atoms with E-state index in [-0.39, 0.29) is 12.2 Å². The van der Waals surface area contributed by atoms with Crippen LogP contribution in [0.2, 0.25) is 0 Å². The van der Waals surface area contributed by atoms with Crippen molar-refractivity contribution in [3.8, 4) is 11.5 Å². The van der Waals surface area contributed by atoms with Crippen molar-refractivity contribution >= 4 is 0 Å². The van der Waals surface area contributed by atoms with Gasteiger partial charge in [-0.25, -0.2) is 0 Å². The molecule has 5 heteroatoms. The molecule has 1 aliphatic heterocycles. The highest BCUT2D eigenvalue weighted by molar-refractivity contribution is 5.40. The second kappa shape index (κ2) is 8.74. The van der Waals surface area contributed by atoms with Crippen LogP contribution < -0.4 is 14.8 Å². The largest absolute Gasteiger partial charge is 0.486 e. The summed E-state index contributed by atoms with van der Waals surface area (Å²) in [5.74, 6) is 1.59. The number of hydrogen-bond donors (Lipinski definition) is 2. The highest BCUT2D eigenvalue weighted by Crippen LogP contribution is 2.32. The van der Waals surface area contributed by atoms with Gasteiger partial charge in [-0.3, -0.25) is 0 Å². The molecule has 1 heterocycles. The summed E-state index contributed by atoms with van der Waals surface area (Å²) in [6.07, 6.45) is 2.91.